The maximum absolute atomic E-state index is 9.41. The topological polar surface area (TPSA) is 48.9 Å². The molecule has 1 aromatic carbocycles. The van der Waals surface area contributed by atoms with E-state index in [0.717, 1.165) is 15.6 Å². The minimum Gasteiger partial charge on any atom is -0.389 e. The molecular formula is C11H11ClN2OS. The Bertz CT molecular complexity index is 471. The van der Waals surface area contributed by atoms with Crippen LogP contribution in [0.3, 0.4) is 0 Å². The molecule has 0 amide bonds. The van der Waals surface area contributed by atoms with Gasteiger partial charge in [-0.1, -0.05) is 29.4 Å². The van der Waals surface area contributed by atoms with E-state index >= 15 is 0 Å². The van der Waals surface area contributed by atoms with E-state index < -0.39 is 6.10 Å². The summed E-state index contributed by atoms with van der Waals surface area (Å²) in [5.41, 5.74) is 0.814. The van der Waals surface area contributed by atoms with E-state index in [1.807, 2.05) is 12.1 Å². The van der Waals surface area contributed by atoms with Crippen molar-refractivity contribution in [3.8, 4) is 0 Å². The number of imidazole rings is 1. The number of H-pyrrole nitrogens is 1. The first kappa shape index (κ1) is 11.5. The van der Waals surface area contributed by atoms with Crippen LogP contribution >= 0.6 is 23.4 Å². The van der Waals surface area contributed by atoms with Crippen LogP contribution in [0.2, 0.25) is 5.02 Å². The fraction of sp³-hybridized carbons (Fsp3) is 0.182. The molecular weight excluding hydrogens is 244 g/mol. The molecule has 2 N–H and O–H groups in total. The summed E-state index contributed by atoms with van der Waals surface area (Å²) in [6, 6.07) is 5.52. The number of aromatic amines is 1. The molecule has 2 rings (SSSR count). The molecule has 1 atom stereocenters. The van der Waals surface area contributed by atoms with Gasteiger partial charge in [-0.25, -0.2) is 4.98 Å². The minimum atomic E-state index is -0.500. The van der Waals surface area contributed by atoms with Crippen LogP contribution in [0.4, 0.5) is 0 Å². The van der Waals surface area contributed by atoms with Crippen molar-refractivity contribution in [2.45, 2.75) is 23.1 Å². The summed E-state index contributed by atoms with van der Waals surface area (Å²) in [6.45, 7) is 1.71. The number of aromatic nitrogens is 2. The summed E-state index contributed by atoms with van der Waals surface area (Å²) < 4.78 is 0. The highest BCUT2D eigenvalue weighted by Crippen LogP contribution is 2.32. The molecule has 0 aliphatic carbocycles. The van der Waals surface area contributed by atoms with Gasteiger partial charge in [-0.05, 0) is 24.6 Å². The van der Waals surface area contributed by atoms with Crippen molar-refractivity contribution in [3.05, 3.63) is 41.2 Å². The van der Waals surface area contributed by atoms with Crippen LogP contribution in [0.1, 0.15) is 18.6 Å². The lowest BCUT2D eigenvalue weighted by molar-refractivity contribution is 0.199. The summed E-state index contributed by atoms with van der Waals surface area (Å²) in [5, 5.41) is 10.8. The smallest absolute Gasteiger partial charge is 0.170 e. The first-order valence-electron chi connectivity index (χ1n) is 4.81. The standard InChI is InChI=1S/C11H11ClN2OS/c1-7(15)8-2-3-10(9(12)6-8)16-11-13-4-5-14-11/h2-7,15H,1H3,(H,13,14). The molecule has 0 fully saturated rings. The van der Waals surface area contributed by atoms with E-state index in [2.05, 4.69) is 9.97 Å². The summed E-state index contributed by atoms with van der Waals surface area (Å²) in [6.07, 6.45) is 2.96. The van der Waals surface area contributed by atoms with Crippen molar-refractivity contribution in [1.29, 1.82) is 0 Å². The van der Waals surface area contributed by atoms with Crippen LogP contribution in [-0.4, -0.2) is 15.1 Å². The predicted octanol–water partition coefficient (Wildman–Crippen LogP) is 3.27. The number of aliphatic hydroxyl groups excluding tert-OH is 1. The Kier molecular flexibility index (Phi) is 3.53. The second-order valence-corrected chi connectivity index (χ2v) is 4.80. The van der Waals surface area contributed by atoms with E-state index in [9.17, 15) is 5.11 Å². The quantitative estimate of drug-likeness (QED) is 0.884. The molecule has 0 saturated carbocycles. The van der Waals surface area contributed by atoms with Crippen molar-refractivity contribution in [2.75, 3.05) is 0 Å². The van der Waals surface area contributed by atoms with E-state index in [4.69, 9.17) is 11.6 Å². The van der Waals surface area contributed by atoms with Crippen LogP contribution < -0.4 is 0 Å². The molecule has 2 aromatic rings. The van der Waals surface area contributed by atoms with Crippen LogP contribution in [0.15, 0.2) is 40.6 Å². The fourth-order valence-corrected chi connectivity index (χ4v) is 2.32. The van der Waals surface area contributed by atoms with E-state index in [-0.39, 0.29) is 0 Å². The molecule has 1 heterocycles. The van der Waals surface area contributed by atoms with Crippen molar-refractivity contribution >= 4 is 23.4 Å². The highest BCUT2D eigenvalue weighted by Gasteiger charge is 2.07. The number of rotatable bonds is 3. The number of nitrogens with zero attached hydrogens (tertiary/aromatic N) is 1. The lowest BCUT2D eigenvalue weighted by Crippen LogP contribution is -1.90. The third-order valence-electron chi connectivity index (χ3n) is 2.12. The predicted molar refractivity (Wildman–Crippen MR) is 64.8 cm³/mol. The molecule has 0 bridgehead atoms. The van der Waals surface area contributed by atoms with Gasteiger partial charge in [-0.2, -0.15) is 0 Å². The second-order valence-electron chi connectivity index (χ2n) is 3.36. The SMILES string of the molecule is CC(O)c1ccc(Sc2ncc[nH]2)c(Cl)c1. The number of benzene rings is 1. The van der Waals surface area contributed by atoms with Crippen molar-refractivity contribution < 1.29 is 5.11 Å². The van der Waals surface area contributed by atoms with Gasteiger partial charge in [-0.15, -0.1) is 0 Å². The van der Waals surface area contributed by atoms with Gasteiger partial charge in [0.1, 0.15) is 0 Å². The second kappa shape index (κ2) is 4.91. The molecule has 84 valence electrons. The van der Waals surface area contributed by atoms with Gasteiger partial charge < -0.3 is 10.1 Å². The molecule has 0 aliphatic rings. The van der Waals surface area contributed by atoms with Crippen LogP contribution in [0.5, 0.6) is 0 Å². The maximum Gasteiger partial charge on any atom is 0.170 e. The molecule has 16 heavy (non-hydrogen) atoms. The van der Waals surface area contributed by atoms with E-state index in [1.165, 1.54) is 11.8 Å². The molecule has 1 aromatic heterocycles. The Hall–Kier alpha value is -0.970. The molecule has 3 nitrogen and oxygen atoms in total. The van der Waals surface area contributed by atoms with Crippen LogP contribution in [-0.2, 0) is 0 Å². The number of halogens is 1. The third kappa shape index (κ3) is 2.58. The Labute approximate surface area is 103 Å². The largest absolute Gasteiger partial charge is 0.389 e. The number of hydrogen-bond acceptors (Lipinski definition) is 3. The Balaban J connectivity index is 2.23. The van der Waals surface area contributed by atoms with Crippen LogP contribution in [0.25, 0.3) is 0 Å². The van der Waals surface area contributed by atoms with Gasteiger partial charge >= 0.3 is 0 Å². The highest BCUT2D eigenvalue weighted by atomic mass is 35.5. The maximum atomic E-state index is 9.41. The fourth-order valence-electron chi connectivity index (χ4n) is 1.27. The van der Waals surface area contributed by atoms with Gasteiger partial charge in [0.25, 0.3) is 0 Å². The van der Waals surface area contributed by atoms with Crippen molar-refractivity contribution in [3.63, 3.8) is 0 Å². The van der Waals surface area contributed by atoms with Gasteiger partial charge in [0, 0.05) is 17.3 Å². The Morgan fingerprint density at radius 2 is 2.31 bits per heavy atom. The molecule has 5 heteroatoms. The Morgan fingerprint density at radius 1 is 1.50 bits per heavy atom. The van der Waals surface area contributed by atoms with Crippen molar-refractivity contribution in [1.82, 2.24) is 9.97 Å². The van der Waals surface area contributed by atoms with E-state index in [1.54, 1.807) is 25.4 Å². The number of nitrogens with one attached hydrogen (secondary N) is 1. The monoisotopic (exact) mass is 254 g/mol. The zero-order chi connectivity index (χ0) is 11.5. The number of hydrogen-bond donors (Lipinski definition) is 2. The van der Waals surface area contributed by atoms with Crippen molar-refractivity contribution in [2.24, 2.45) is 0 Å². The average Bonchev–Trinajstić information content (AvgIpc) is 2.73. The molecule has 0 radical (unpaired) electrons. The molecule has 0 spiro atoms. The molecule has 1 unspecified atom stereocenters. The normalized spacial score (nSPS) is 12.7. The van der Waals surface area contributed by atoms with Gasteiger partial charge in [0.05, 0.1) is 11.1 Å². The van der Waals surface area contributed by atoms with Crippen LogP contribution in [0, 0.1) is 0 Å². The summed E-state index contributed by atoms with van der Waals surface area (Å²) in [4.78, 5) is 8.02. The van der Waals surface area contributed by atoms with Gasteiger partial charge in [0.2, 0.25) is 0 Å². The average molecular weight is 255 g/mol. The highest BCUT2D eigenvalue weighted by molar-refractivity contribution is 7.99. The third-order valence-corrected chi connectivity index (χ3v) is 3.54. The summed E-state index contributed by atoms with van der Waals surface area (Å²) >= 11 is 7.58. The van der Waals surface area contributed by atoms with Gasteiger partial charge in [-0.3, -0.25) is 0 Å². The molecule has 0 saturated heterocycles. The first-order chi connectivity index (χ1) is 7.66. The summed E-state index contributed by atoms with van der Waals surface area (Å²) in [5.74, 6) is 0. The zero-order valence-electron chi connectivity index (χ0n) is 8.64. The molecule has 0 aliphatic heterocycles. The lowest BCUT2D eigenvalue weighted by atomic mass is 10.1. The lowest BCUT2D eigenvalue weighted by Gasteiger charge is -2.07. The van der Waals surface area contributed by atoms with E-state index in [0.29, 0.717) is 5.02 Å². The van der Waals surface area contributed by atoms with Gasteiger partial charge in [0.15, 0.2) is 5.16 Å². The first-order valence-corrected chi connectivity index (χ1v) is 6.01. The number of aliphatic hydroxyl groups is 1. The minimum absolute atomic E-state index is 0.500. The Morgan fingerprint density at radius 3 is 2.88 bits per heavy atom. The zero-order valence-corrected chi connectivity index (χ0v) is 10.2. The summed E-state index contributed by atoms with van der Waals surface area (Å²) in [7, 11) is 0.